The van der Waals surface area contributed by atoms with Crippen LogP contribution in [-0.2, 0) is 0 Å². The van der Waals surface area contributed by atoms with Gasteiger partial charge in [0, 0.05) is 22.7 Å². The molecule has 2 N–H and O–H groups in total. The zero-order valence-electron chi connectivity index (χ0n) is 6.29. The number of aromatic nitrogens is 1. The third kappa shape index (κ3) is 0.906. The molecule has 3 heteroatoms. The molecule has 1 aromatic heterocycles. The van der Waals surface area contributed by atoms with E-state index in [0.29, 0.717) is 16.5 Å². The lowest BCUT2D eigenvalue weighted by Crippen LogP contribution is -1.89. The Morgan fingerprint density at radius 2 is 2.00 bits per heavy atom. The van der Waals surface area contributed by atoms with Crippen LogP contribution >= 0.6 is 0 Å². The Balaban J connectivity index is 2.94. The average Bonchev–Trinajstić information content (AvgIpc) is 2.07. The molecule has 1 aromatic carbocycles. The van der Waals surface area contributed by atoms with Crippen molar-refractivity contribution in [2.24, 2.45) is 0 Å². The average molecular weight is 162 g/mol. The minimum atomic E-state index is -0.472. The van der Waals surface area contributed by atoms with E-state index in [1.807, 2.05) is 0 Å². The van der Waals surface area contributed by atoms with Gasteiger partial charge < -0.3 is 5.73 Å². The summed E-state index contributed by atoms with van der Waals surface area (Å²) in [6.45, 7) is 0. The number of nitrogens with zero attached hydrogens (tertiary/aromatic N) is 1. The monoisotopic (exact) mass is 162 g/mol. The van der Waals surface area contributed by atoms with Crippen molar-refractivity contribution in [1.29, 1.82) is 0 Å². The van der Waals surface area contributed by atoms with Gasteiger partial charge in [-0.3, -0.25) is 0 Å². The van der Waals surface area contributed by atoms with Crippen LogP contribution in [-0.4, -0.2) is 4.98 Å². The van der Waals surface area contributed by atoms with Crippen molar-refractivity contribution in [2.45, 2.75) is 0 Å². The molecule has 2 aromatic rings. The molecule has 0 radical (unpaired) electrons. The normalized spacial score (nSPS) is 10.4. The summed E-state index contributed by atoms with van der Waals surface area (Å²) < 4.78 is 13.0. The van der Waals surface area contributed by atoms with Gasteiger partial charge >= 0.3 is 0 Å². The summed E-state index contributed by atoms with van der Waals surface area (Å²) in [6, 6.07) is 6.81. The van der Waals surface area contributed by atoms with E-state index in [-0.39, 0.29) is 0 Å². The second-order valence-corrected chi connectivity index (χ2v) is 2.54. The van der Waals surface area contributed by atoms with Crippen LogP contribution in [0.25, 0.3) is 10.8 Å². The molecular weight excluding hydrogens is 155 g/mol. The van der Waals surface area contributed by atoms with Gasteiger partial charge in [-0.25, -0.2) is 4.98 Å². The quantitative estimate of drug-likeness (QED) is 0.475. The predicted octanol–water partition coefficient (Wildman–Crippen LogP) is 1.96. The number of hydrogen-bond donors (Lipinski definition) is 1. The van der Waals surface area contributed by atoms with E-state index in [1.54, 1.807) is 24.3 Å². The number of pyridine rings is 1. The highest BCUT2D eigenvalue weighted by Gasteiger charge is 2.01. The minimum Gasteiger partial charge on any atom is -0.398 e. The van der Waals surface area contributed by atoms with Gasteiger partial charge in [-0.1, -0.05) is 6.07 Å². The third-order valence-electron chi connectivity index (χ3n) is 1.79. The first-order valence-corrected chi connectivity index (χ1v) is 3.58. The predicted molar refractivity (Wildman–Crippen MR) is 46.1 cm³/mol. The van der Waals surface area contributed by atoms with Crippen molar-refractivity contribution in [3.63, 3.8) is 0 Å². The maximum atomic E-state index is 13.0. The molecule has 0 fully saturated rings. The Morgan fingerprint density at radius 1 is 1.17 bits per heavy atom. The van der Waals surface area contributed by atoms with Crippen LogP contribution in [0.4, 0.5) is 10.1 Å². The van der Waals surface area contributed by atoms with Crippen molar-refractivity contribution >= 4 is 16.5 Å². The van der Waals surface area contributed by atoms with E-state index in [0.717, 1.165) is 0 Å². The molecule has 1 heterocycles. The molecule has 0 atom stereocenters. The van der Waals surface area contributed by atoms with Gasteiger partial charge in [0.15, 0.2) is 0 Å². The highest BCUT2D eigenvalue weighted by atomic mass is 19.1. The molecule has 0 aliphatic carbocycles. The molecule has 0 unspecified atom stereocenters. The number of fused-ring (bicyclic) bond motifs is 1. The summed E-state index contributed by atoms with van der Waals surface area (Å²) >= 11 is 0. The highest BCUT2D eigenvalue weighted by molar-refractivity contribution is 5.92. The van der Waals surface area contributed by atoms with Crippen molar-refractivity contribution < 1.29 is 4.39 Å². The molecule has 0 bridgehead atoms. The van der Waals surface area contributed by atoms with E-state index in [4.69, 9.17) is 5.73 Å². The smallest absolute Gasteiger partial charge is 0.220 e. The maximum Gasteiger partial charge on any atom is 0.220 e. The molecule has 0 amide bonds. The molecular formula is C9H7FN2. The fourth-order valence-electron chi connectivity index (χ4n) is 1.20. The Kier molecular flexibility index (Phi) is 1.43. The van der Waals surface area contributed by atoms with Crippen molar-refractivity contribution in [2.75, 3.05) is 5.73 Å². The summed E-state index contributed by atoms with van der Waals surface area (Å²) in [4.78, 5) is 3.53. The molecule has 60 valence electrons. The van der Waals surface area contributed by atoms with Crippen LogP contribution in [0.2, 0.25) is 0 Å². The first-order valence-electron chi connectivity index (χ1n) is 3.58. The zero-order chi connectivity index (χ0) is 8.55. The molecule has 0 saturated heterocycles. The number of hydrogen-bond acceptors (Lipinski definition) is 2. The topological polar surface area (TPSA) is 38.9 Å². The van der Waals surface area contributed by atoms with Gasteiger partial charge in [0.2, 0.25) is 5.95 Å². The van der Waals surface area contributed by atoms with Crippen LogP contribution in [0.3, 0.4) is 0 Å². The van der Waals surface area contributed by atoms with E-state index >= 15 is 0 Å². The summed E-state index contributed by atoms with van der Waals surface area (Å²) in [6.07, 6.45) is 1.41. The Hall–Kier alpha value is -1.64. The molecule has 0 spiro atoms. The van der Waals surface area contributed by atoms with Gasteiger partial charge in [-0.2, -0.15) is 4.39 Å². The van der Waals surface area contributed by atoms with Gasteiger partial charge in [-0.15, -0.1) is 0 Å². The van der Waals surface area contributed by atoms with Crippen LogP contribution in [0.5, 0.6) is 0 Å². The molecule has 2 rings (SSSR count). The van der Waals surface area contributed by atoms with Gasteiger partial charge in [0.1, 0.15) is 0 Å². The maximum absolute atomic E-state index is 13.0. The van der Waals surface area contributed by atoms with Crippen molar-refractivity contribution in [3.05, 3.63) is 36.4 Å². The summed E-state index contributed by atoms with van der Waals surface area (Å²) in [5.41, 5.74) is 6.21. The standard InChI is InChI=1S/C9H7FN2/c10-9-7-2-1-3-8(11)6(7)4-5-12-9/h1-5H,11H2. The molecule has 2 nitrogen and oxygen atoms in total. The molecule has 0 aliphatic heterocycles. The lowest BCUT2D eigenvalue weighted by Gasteiger charge is -2.00. The van der Waals surface area contributed by atoms with E-state index < -0.39 is 5.95 Å². The van der Waals surface area contributed by atoms with Gasteiger partial charge in [0.25, 0.3) is 0 Å². The second-order valence-electron chi connectivity index (χ2n) is 2.54. The zero-order valence-corrected chi connectivity index (χ0v) is 6.29. The molecule has 0 saturated carbocycles. The number of nitrogen functional groups attached to an aromatic ring is 1. The van der Waals surface area contributed by atoms with Crippen LogP contribution < -0.4 is 5.73 Å². The molecule has 0 aliphatic rings. The van der Waals surface area contributed by atoms with Gasteiger partial charge in [-0.05, 0) is 18.2 Å². The lowest BCUT2D eigenvalue weighted by molar-refractivity contribution is 0.597. The first-order chi connectivity index (χ1) is 5.79. The van der Waals surface area contributed by atoms with Crippen LogP contribution in [0.1, 0.15) is 0 Å². The summed E-state index contributed by atoms with van der Waals surface area (Å²) in [5, 5.41) is 1.18. The number of halogens is 1. The Labute approximate surface area is 68.8 Å². The van der Waals surface area contributed by atoms with Crippen molar-refractivity contribution in [1.82, 2.24) is 4.98 Å². The summed E-state index contributed by atoms with van der Waals surface area (Å²) in [5.74, 6) is -0.472. The van der Waals surface area contributed by atoms with E-state index in [1.165, 1.54) is 6.20 Å². The highest BCUT2D eigenvalue weighted by Crippen LogP contribution is 2.20. The number of anilines is 1. The number of benzene rings is 1. The second kappa shape index (κ2) is 2.44. The third-order valence-corrected chi connectivity index (χ3v) is 1.79. The first kappa shape index (κ1) is 7.03. The summed E-state index contributed by atoms with van der Waals surface area (Å²) in [7, 11) is 0. The fraction of sp³-hybridized carbons (Fsp3) is 0. The fourth-order valence-corrected chi connectivity index (χ4v) is 1.20. The molecule has 12 heavy (non-hydrogen) atoms. The number of rotatable bonds is 0. The van der Waals surface area contributed by atoms with E-state index in [2.05, 4.69) is 4.98 Å². The van der Waals surface area contributed by atoms with Crippen molar-refractivity contribution in [3.8, 4) is 0 Å². The SMILES string of the molecule is Nc1cccc2c(F)nccc12. The van der Waals surface area contributed by atoms with Gasteiger partial charge in [0.05, 0.1) is 0 Å². The lowest BCUT2D eigenvalue weighted by atomic mass is 10.1. The van der Waals surface area contributed by atoms with Crippen LogP contribution in [0, 0.1) is 5.95 Å². The Bertz CT molecular complexity index is 385. The van der Waals surface area contributed by atoms with Crippen LogP contribution in [0.15, 0.2) is 30.5 Å². The largest absolute Gasteiger partial charge is 0.398 e. The number of nitrogens with two attached hydrogens (primary N) is 1. The minimum absolute atomic E-state index is 0.470. The Morgan fingerprint density at radius 3 is 2.75 bits per heavy atom. The van der Waals surface area contributed by atoms with E-state index in [9.17, 15) is 4.39 Å².